The summed E-state index contributed by atoms with van der Waals surface area (Å²) >= 11 is 12.8. The Hall–Kier alpha value is -3.20. The van der Waals surface area contributed by atoms with Gasteiger partial charge in [-0.2, -0.15) is 5.26 Å². The number of ether oxygens (including phenoxy) is 3. The van der Waals surface area contributed by atoms with Crippen molar-refractivity contribution in [2.24, 2.45) is 0 Å². The molecule has 7 heteroatoms. The van der Waals surface area contributed by atoms with Crippen LogP contribution in [0.4, 0.5) is 0 Å². The Morgan fingerprint density at radius 3 is 2.27 bits per heavy atom. The minimum atomic E-state index is -1.28. The van der Waals surface area contributed by atoms with E-state index in [1.807, 2.05) is 43.3 Å². The Bertz CT molecular complexity index is 1170. The Balaban J connectivity index is 1.55. The number of carbonyl (C=O) groups is 1. The minimum Gasteiger partial charge on any atom is -0.494 e. The van der Waals surface area contributed by atoms with Crippen molar-refractivity contribution in [3.63, 3.8) is 0 Å². The maximum Gasteiger partial charge on any atom is 0.328 e. The number of esters is 1. The van der Waals surface area contributed by atoms with E-state index in [2.05, 4.69) is 0 Å². The van der Waals surface area contributed by atoms with Gasteiger partial charge in [-0.3, -0.25) is 4.79 Å². The van der Waals surface area contributed by atoms with Gasteiger partial charge in [-0.25, -0.2) is 0 Å². The van der Waals surface area contributed by atoms with Crippen LogP contribution in [0.15, 0.2) is 78.9 Å². The van der Waals surface area contributed by atoms with Gasteiger partial charge in [0.2, 0.25) is 0 Å². The number of carbonyl (C=O) groups excluding carboxylic acids is 1. The van der Waals surface area contributed by atoms with Crippen LogP contribution >= 0.6 is 23.2 Å². The fourth-order valence-electron chi connectivity index (χ4n) is 3.61. The highest BCUT2D eigenvalue weighted by atomic mass is 35.5. The first-order chi connectivity index (χ1) is 15.9. The molecular weight excluding hydrogens is 461 g/mol. The number of hydrogen-bond acceptors (Lipinski definition) is 5. The van der Waals surface area contributed by atoms with Crippen molar-refractivity contribution in [2.75, 3.05) is 6.61 Å². The van der Waals surface area contributed by atoms with Gasteiger partial charge in [0.25, 0.3) is 0 Å². The summed E-state index contributed by atoms with van der Waals surface area (Å²) < 4.78 is 15.8. The molecule has 1 saturated carbocycles. The van der Waals surface area contributed by atoms with Crippen LogP contribution in [0.5, 0.6) is 17.2 Å². The van der Waals surface area contributed by atoms with E-state index in [1.165, 1.54) is 0 Å². The van der Waals surface area contributed by atoms with Gasteiger partial charge in [-0.1, -0.05) is 65.7 Å². The first-order valence-electron chi connectivity index (χ1n) is 10.4. The molecule has 0 spiro atoms. The van der Waals surface area contributed by atoms with Gasteiger partial charge in [-0.15, -0.1) is 0 Å². The third kappa shape index (κ3) is 4.78. The number of alkyl halides is 2. The molecule has 2 atom stereocenters. The maximum atomic E-state index is 13.1. The molecule has 0 N–H and O–H groups in total. The molecule has 1 aliphatic carbocycles. The van der Waals surface area contributed by atoms with Gasteiger partial charge in [0.15, 0.2) is 15.9 Å². The fraction of sp³-hybridized carbons (Fsp3) is 0.231. The van der Waals surface area contributed by atoms with Crippen LogP contribution in [0.3, 0.4) is 0 Å². The summed E-state index contributed by atoms with van der Waals surface area (Å²) in [5.41, 5.74) is -0.138. The predicted molar refractivity (Wildman–Crippen MR) is 126 cm³/mol. The Labute approximate surface area is 202 Å². The number of para-hydroxylation sites is 1. The highest BCUT2D eigenvalue weighted by Crippen LogP contribution is 2.65. The molecular formula is C26H21Cl2NO4. The SMILES string of the molecule is CCOc1ccc(C2(OC(=O)C(C#N)c3cccc(Oc4ccccc4)c3)CC2(Cl)Cl)cc1. The van der Waals surface area contributed by atoms with Gasteiger partial charge in [-0.05, 0) is 54.4 Å². The second-order valence-electron chi connectivity index (χ2n) is 7.64. The summed E-state index contributed by atoms with van der Waals surface area (Å²) in [7, 11) is 0. The zero-order valence-electron chi connectivity index (χ0n) is 17.8. The molecule has 0 heterocycles. The van der Waals surface area contributed by atoms with Crippen molar-refractivity contribution < 1.29 is 19.0 Å². The number of nitriles is 1. The summed E-state index contributed by atoms with van der Waals surface area (Å²) in [6, 6.07) is 25.1. The minimum absolute atomic E-state index is 0.220. The van der Waals surface area contributed by atoms with Crippen LogP contribution < -0.4 is 9.47 Å². The van der Waals surface area contributed by atoms with Crippen molar-refractivity contribution in [3.8, 4) is 23.3 Å². The lowest BCUT2D eigenvalue weighted by atomic mass is 10.00. The van der Waals surface area contributed by atoms with Gasteiger partial charge in [0.1, 0.15) is 17.2 Å². The second kappa shape index (κ2) is 9.35. The molecule has 2 unspecified atom stereocenters. The predicted octanol–water partition coefficient (Wildman–Crippen LogP) is 6.50. The Morgan fingerprint density at radius 1 is 1.00 bits per heavy atom. The first kappa shape index (κ1) is 23.0. The first-order valence-corrected chi connectivity index (χ1v) is 11.2. The largest absolute Gasteiger partial charge is 0.494 e. The molecule has 168 valence electrons. The summed E-state index contributed by atoms with van der Waals surface area (Å²) in [5, 5.41) is 9.77. The van der Waals surface area contributed by atoms with Crippen molar-refractivity contribution >= 4 is 29.2 Å². The standard InChI is InChI=1S/C26H21Cl2NO4/c1-2-31-20-13-11-19(12-14-20)25(17-26(25,27)28)33-24(30)23(16-29)18-7-6-10-22(15-18)32-21-8-4-3-5-9-21/h3-15,23H,2,17H2,1H3. The Kier molecular flexibility index (Phi) is 6.51. The number of benzene rings is 3. The normalized spacial score (nSPS) is 19.1. The average Bonchev–Trinajstić information content (AvgIpc) is 3.36. The van der Waals surface area contributed by atoms with Crippen molar-refractivity contribution in [1.82, 2.24) is 0 Å². The molecule has 0 bridgehead atoms. The summed E-state index contributed by atoms with van der Waals surface area (Å²) in [5.74, 6) is -0.0704. The van der Waals surface area contributed by atoms with Crippen LogP contribution in [-0.4, -0.2) is 16.9 Å². The third-order valence-electron chi connectivity index (χ3n) is 5.38. The van der Waals surface area contributed by atoms with Gasteiger partial charge < -0.3 is 14.2 Å². The third-order valence-corrected chi connectivity index (χ3v) is 6.26. The highest BCUT2D eigenvalue weighted by Gasteiger charge is 2.71. The van der Waals surface area contributed by atoms with E-state index in [0.29, 0.717) is 35.0 Å². The van der Waals surface area contributed by atoms with E-state index in [1.54, 1.807) is 48.5 Å². The van der Waals surface area contributed by atoms with Crippen LogP contribution in [0.25, 0.3) is 0 Å². The molecule has 33 heavy (non-hydrogen) atoms. The molecule has 0 radical (unpaired) electrons. The summed E-state index contributed by atoms with van der Waals surface area (Å²) in [6.07, 6.45) is 0.220. The topological polar surface area (TPSA) is 68.5 Å². The fourth-order valence-corrected chi connectivity index (χ4v) is 4.29. The van der Waals surface area contributed by atoms with Crippen LogP contribution in [0.2, 0.25) is 0 Å². The molecule has 0 amide bonds. The van der Waals surface area contributed by atoms with Crippen LogP contribution in [-0.2, 0) is 15.1 Å². The zero-order valence-corrected chi connectivity index (χ0v) is 19.3. The number of nitrogens with zero attached hydrogens (tertiary/aromatic N) is 1. The number of halogens is 2. The molecule has 3 aromatic carbocycles. The monoisotopic (exact) mass is 481 g/mol. The lowest BCUT2D eigenvalue weighted by molar-refractivity contribution is -0.152. The van der Waals surface area contributed by atoms with E-state index in [4.69, 9.17) is 37.4 Å². The lowest BCUT2D eigenvalue weighted by Crippen LogP contribution is -2.27. The van der Waals surface area contributed by atoms with E-state index in [-0.39, 0.29) is 6.42 Å². The van der Waals surface area contributed by atoms with E-state index in [0.717, 1.165) is 0 Å². The van der Waals surface area contributed by atoms with E-state index in [9.17, 15) is 10.1 Å². The van der Waals surface area contributed by atoms with E-state index < -0.39 is 21.8 Å². The van der Waals surface area contributed by atoms with Crippen molar-refractivity contribution in [2.45, 2.75) is 29.2 Å². The molecule has 0 aromatic heterocycles. The summed E-state index contributed by atoms with van der Waals surface area (Å²) in [4.78, 5) is 13.1. The van der Waals surface area contributed by atoms with Gasteiger partial charge in [0, 0.05) is 6.42 Å². The molecule has 5 nitrogen and oxygen atoms in total. The number of hydrogen-bond donors (Lipinski definition) is 0. The lowest BCUT2D eigenvalue weighted by Gasteiger charge is -2.22. The average molecular weight is 482 g/mol. The number of rotatable bonds is 8. The molecule has 4 rings (SSSR count). The highest BCUT2D eigenvalue weighted by molar-refractivity contribution is 6.52. The smallest absolute Gasteiger partial charge is 0.328 e. The van der Waals surface area contributed by atoms with Crippen LogP contribution in [0.1, 0.15) is 30.4 Å². The van der Waals surface area contributed by atoms with Crippen molar-refractivity contribution in [3.05, 3.63) is 90.0 Å². The Morgan fingerprint density at radius 2 is 1.67 bits per heavy atom. The zero-order chi connectivity index (χ0) is 23.5. The van der Waals surface area contributed by atoms with Crippen LogP contribution in [0, 0.1) is 11.3 Å². The molecule has 3 aromatic rings. The quantitative estimate of drug-likeness (QED) is 0.271. The molecule has 0 aliphatic heterocycles. The van der Waals surface area contributed by atoms with E-state index >= 15 is 0 Å². The van der Waals surface area contributed by atoms with Gasteiger partial charge in [0.05, 0.1) is 12.7 Å². The molecule has 1 aliphatic rings. The molecule has 1 fully saturated rings. The second-order valence-corrected chi connectivity index (χ2v) is 9.12. The van der Waals surface area contributed by atoms with Crippen molar-refractivity contribution in [1.29, 1.82) is 5.26 Å². The van der Waals surface area contributed by atoms with Gasteiger partial charge >= 0.3 is 5.97 Å². The molecule has 0 saturated heterocycles. The maximum absolute atomic E-state index is 13.1. The summed E-state index contributed by atoms with van der Waals surface area (Å²) in [6.45, 7) is 2.42.